The summed E-state index contributed by atoms with van der Waals surface area (Å²) >= 11 is 0. The molecule has 15 heavy (non-hydrogen) atoms. The monoisotopic (exact) mass is 202 g/mol. The quantitative estimate of drug-likeness (QED) is 0.624. The lowest BCUT2D eigenvalue weighted by Gasteiger charge is -2.23. The molecule has 0 aromatic heterocycles. The van der Waals surface area contributed by atoms with Crippen molar-refractivity contribution in [3.05, 3.63) is 29.8 Å². The average Bonchev–Trinajstić information content (AvgIpc) is 2.61. The highest BCUT2D eigenvalue weighted by Crippen LogP contribution is 2.27. The van der Waals surface area contributed by atoms with Crippen LogP contribution in [0.15, 0.2) is 29.3 Å². The normalized spacial score (nSPS) is 18.1. The van der Waals surface area contributed by atoms with Gasteiger partial charge in [-0.15, -0.1) is 0 Å². The summed E-state index contributed by atoms with van der Waals surface area (Å²) in [4.78, 5) is 27.6. The standard InChI is InChI=1S/C10H6N2O3/c13-8-5-12-9(11-8)6-3-1-2-4-7(6)15-10(12)14/h1-4H,5H2. The average molecular weight is 202 g/mol. The molecule has 0 bridgehead atoms. The Morgan fingerprint density at radius 2 is 2.07 bits per heavy atom. The van der Waals surface area contributed by atoms with Crippen LogP contribution in [-0.2, 0) is 4.79 Å². The number of carbonyl (C=O) groups is 2. The molecule has 5 nitrogen and oxygen atoms in total. The van der Waals surface area contributed by atoms with E-state index in [1.807, 2.05) is 6.07 Å². The van der Waals surface area contributed by atoms with Crippen molar-refractivity contribution < 1.29 is 14.3 Å². The van der Waals surface area contributed by atoms with Crippen LogP contribution in [0.3, 0.4) is 0 Å². The summed E-state index contributed by atoms with van der Waals surface area (Å²) in [6, 6.07) is 7.02. The molecule has 0 N–H and O–H groups in total. The van der Waals surface area contributed by atoms with Gasteiger partial charge in [-0.2, -0.15) is 4.99 Å². The zero-order valence-electron chi connectivity index (χ0n) is 7.64. The van der Waals surface area contributed by atoms with Crippen molar-refractivity contribution in [2.45, 2.75) is 0 Å². The minimum absolute atomic E-state index is 0.0253. The first-order valence-corrected chi connectivity index (χ1v) is 4.46. The van der Waals surface area contributed by atoms with E-state index in [1.54, 1.807) is 18.2 Å². The van der Waals surface area contributed by atoms with Crippen LogP contribution in [0.4, 0.5) is 4.79 Å². The molecule has 0 spiro atoms. The summed E-state index contributed by atoms with van der Waals surface area (Å²) in [7, 11) is 0. The number of benzene rings is 1. The Labute approximate surface area is 85.0 Å². The molecule has 2 aliphatic rings. The molecule has 0 saturated carbocycles. The largest absolute Gasteiger partial charge is 0.421 e. The van der Waals surface area contributed by atoms with Crippen molar-refractivity contribution in [2.75, 3.05) is 6.54 Å². The van der Waals surface area contributed by atoms with Crippen molar-refractivity contribution in [3.8, 4) is 5.75 Å². The molecule has 5 heteroatoms. The summed E-state index contributed by atoms with van der Waals surface area (Å²) in [6.45, 7) is -0.0253. The van der Waals surface area contributed by atoms with Gasteiger partial charge < -0.3 is 4.74 Å². The van der Waals surface area contributed by atoms with Gasteiger partial charge in [0.2, 0.25) is 0 Å². The van der Waals surface area contributed by atoms with Crippen LogP contribution in [0.2, 0.25) is 0 Å². The molecule has 0 atom stereocenters. The third kappa shape index (κ3) is 1.06. The minimum atomic E-state index is -0.543. The van der Waals surface area contributed by atoms with E-state index in [4.69, 9.17) is 4.74 Å². The smallest absolute Gasteiger partial charge is 0.409 e. The highest BCUT2D eigenvalue weighted by Gasteiger charge is 2.36. The van der Waals surface area contributed by atoms with Crippen LogP contribution < -0.4 is 4.74 Å². The van der Waals surface area contributed by atoms with Gasteiger partial charge in [-0.3, -0.25) is 9.69 Å². The topological polar surface area (TPSA) is 59.0 Å². The second kappa shape index (κ2) is 2.66. The van der Waals surface area contributed by atoms with Crippen LogP contribution in [0.25, 0.3) is 0 Å². The highest BCUT2D eigenvalue weighted by molar-refractivity contribution is 6.19. The lowest BCUT2D eigenvalue weighted by atomic mass is 10.1. The fourth-order valence-electron chi connectivity index (χ4n) is 1.67. The number of rotatable bonds is 0. The third-order valence-corrected chi connectivity index (χ3v) is 2.33. The fraction of sp³-hybridized carbons (Fsp3) is 0.100. The summed E-state index contributed by atoms with van der Waals surface area (Å²) in [5.41, 5.74) is 0.683. The van der Waals surface area contributed by atoms with Gasteiger partial charge in [0.25, 0.3) is 5.91 Å². The van der Waals surface area contributed by atoms with E-state index in [9.17, 15) is 9.59 Å². The number of ether oxygens (including phenoxy) is 1. The van der Waals surface area contributed by atoms with Crippen LogP contribution in [-0.4, -0.2) is 29.3 Å². The number of aliphatic imine (C=N–C) groups is 1. The Kier molecular flexibility index (Phi) is 1.45. The molecule has 2 aliphatic heterocycles. The molecule has 1 aromatic carbocycles. The first-order valence-electron chi connectivity index (χ1n) is 4.46. The highest BCUT2D eigenvalue weighted by atomic mass is 16.6. The first kappa shape index (κ1) is 8.16. The maximum atomic E-state index is 11.5. The predicted molar refractivity (Wildman–Crippen MR) is 50.7 cm³/mol. The van der Waals surface area contributed by atoms with Gasteiger partial charge in [-0.25, -0.2) is 4.79 Å². The Bertz CT molecular complexity index is 507. The van der Waals surface area contributed by atoms with Crippen LogP contribution in [0.1, 0.15) is 5.56 Å². The predicted octanol–water partition coefficient (Wildman–Crippen LogP) is 0.788. The Morgan fingerprint density at radius 1 is 1.27 bits per heavy atom. The van der Waals surface area contributed by atoms with E-state index in [1.165, 1.54) is 4.90 Å². The van der Waals surface area contributed by atoms with E-state index in [0.717, 1.165) is 0 Å². The molecule has 0 aliphatic carbocycles. The maximum Gasteiger partial charge on any atom is 0.421 e. The molecule has 2 heterocycles. The maximum absolute atomic E-state index is 11.5. The fourth-order valence-corrected chi connectivity index (χ4v) is 1.67. The Hall–Kier alpha value is -2.17. The number of fused-ring (bicyclic) bond motifs is 3. The summed E-state index contributed by atoms with van der Waals surface area (Å²) in [6.07, 6.45) is -0.543. The second-order valence-electron chi connectivity index (χ2n) is 3.28. The molecular formula is C10H6N2O3. The lowest BCUT2D eigenvalue weighted by molar-refractivity contribution is -0.116. The number of carbonyl (C=O) groups excluding carboxylic acids is 2. The number of hydrogen-bond acceptors (Lipinski definition) is 3. The van der Waals surface area contributed by atoms with Gasteiger partial charge in [0.1, 0.15) is 12.3 Å². The second-order valence-corrected chi connectivity index (χ2v) is 3.28. The van der Waals surface area contributed by atoms with E-state index in [0.29, 0.717) is 17.1 Å². The number of hydrogen-bond donors (Lipinski definition) is 0. The SMILES string of the molecule is O=C1CN2C(=O)Oc3ccccc3C2=N1. The van der Waals surface area contributed by atoms with Gasteiger partial charge in [0, 0.05) is 0 Å². The van der Waals surface area contributed by atoms with Crippen molar-refractivity contribution in [3.63, 3.8) is 0 Å². The number of amidine groups is 1. The van der Waals surface area contributed by atoms with Crippen LogP contribution in [0.5, 0.6) is 5.75 Å². The van der Waals surface area contributed by atoms with Crippen molar-refractivity contribution in [1.82, 2.24) is 4.90 Å². The molecule has 0 unspecified atom stereocenters. The number of amides is 2. The van der Waals surface area contributed by atoms with E-state index in [2.05, 4.69) is 4.99 Å². The van der Waals surface area contributed by atoms with Crippen LogP contribution in [0, 0.1) is 0 Å². The number of para-hydroxylation sites is 1. The van der Waals surface area contributed by atoms with Gasteiger partial charge in [0.15, 0.2) is 5.84 Å². The molecule has 0 radical (unpaired) electrons. The van der Waals surface area contributed by atoms with Gasteiger partial charge in [0.05, 0.1) is 5.56 Å². The van der Waals surface area contributed by atoms with Crippen molar-refractivity contribution in [2.24, 2.45) is 4.99 Å². The Balaban J connectivity index is 2.22. The molecule has 0 fully saturated rings. The minimum Gasteiger partial charge on any atom is -0.409 e. The van der Waals surface area contributed by atoms with Crippen molar-refractivity contribution >= 4 is 17.8 Å². The van der Waals surface area contributed by atoms with E-state index >= 15 is 0 Å². The molecule has 3 rings (SSSR count). The number of nitrogens with zero attached hydrogens (tertiary/aromatic N) is 2. The molecule has 2 amide bonds. The zero-order chi connectivity index (χ0) is 10.4. The molecule has 0 saturated heterocycles. The van der Waals surface area contributed by atoms with Gasteiger partial charge >= 0.3 is 6.09 Å². The summed E-state index contributed by atoms with van der Waals surface area (Å²) in [5, 5.41) is 0. The molecule has 74 valence electrons. The van der Waals surface area contributed by atoms with E-state index in [-0.39, 0.29) is 12.5 Å². The first-order chi connectivity index (χ1) is 7.25. The van der Waals surface area contributed by atoms with Gasteiger partial charge in [-0.1, -0.05) is 12.1 Å². The zero-order valence-corrected chi connectivity index (χ0v) is 7.64. The summed E-state index contributed by atoms with van der Waals surface area (Å²) < 4.78 is 5.05. The van der Waals surface area contributed by atoms with Crippen molar-refractivity contribution in [1.29, 1.82) is 0 Å². The lowest BCUT2D eigenvalue weighted by Crippen LogP contribution is -2.41. The Morgan fingerprint density at radius 3 is 2.93 bits per heavy atom. The van der Waals surface area contributed by atoms with Gasteiger partial charge in [-0.05, 0) is 12.1 Å². The third-order valence-electron chi connectivity index (χ3n) is 2.33. The molecular weight excluding hydrogens is 196 g/mol. The summed E-state index contributed by atoms with van der Waals surface area (Å²) in [5.74, 6) is 0.526. The molecule has 1 aromatic rings. The van der Waals surface area contributed by atoms with E-state index < -0.39 is 6.09 Å². The van der Waals surface area contributed by atoms with Crippen LogP contribution >= 0.6 is 0 Å².